The molecule has 0 fully saturated rings. The molecule has 4 rings (SSSR count). The Hall–Kier alpha value is -3.56. The molecule has 1 aliphatic heterocycles. The Bertz CT molecular complexity index is 1490. The van der Waals surface area contributed by atoms with Crippen LogP contribution in [0.2, 0.25) is 0 Å². The predicted molar refractivity (Wildman–Crippen MR) is 132 cm³/mol. The van der Waals surface area contributed by atoms with Crippen molar-refractivity contribution in [2.45, 2.75) is 19.9 Å². The maximum atomic E-state index is 13.6. The highest BCUT2D eigenvalue weighted by atomic mass is 32.1. The summed E-state index contributed by atoms with van der Waals surface area (Å²) >= 11 is 2.83. The smallest absolute Gasteiger partial charge is 0.338 e. The molecular weight excluding hydrogens is 472 g/mol. The van der Waals surface area contributed by atoms with Crippen molar-refractivity contribution in [2.75, 3.05) is 13.7 Å². The molecule has 3 heterocycles. The molecule has 1 aromatic carbocycles. The first kappa shape index (κ1) is 23.6. The maximum Gasteiger partial charge on any atom is 0.338 e. The average molecular weight is 495 g/mol. The molecule has 0 amide bonds. The van der Waals surface area contributed by atoms with Gasteiger partial charge in [-0.25, -0.2) is 14.6 Å². The van der Waals surface area contributed by atoms with Crippen LogP contribution >= 0.6 is 22.7 Å². The van der Waals surface area contributed by atoms with Gasteiger partial charge in [-0.1, -0.05) is 36.1 Å². The Morgan fingerprint density at radius 2 is 1.91 bits per heavy atom. The summed E-state index contributed by atoms with van der Waals surface area (Å²) in [5.41, 5.74) is 2.57. The Kier molecular flexibility index (Phi) is 6.76. The van der Waals surface area contributed by atoms with E-state index in [9.17, 15) is 14.4 Å². The summed E-state index contributed by atoms with van der Waals surface area (Å²) in [7, 11) is 1.31. The third-order valence-electron chi connectivity index (χ3n) is 5.39. The quantitative estimate of drug-likeness (QED) is 0.388. The summed E-state index contributed by atoms with van der Waals surface area (Å²) in [6, 6.07) is 7.86. The van der Waals surface area contributed by atoms with Crippen LogP contribution in [0.4, 0.5) is 0 Å². The number of aromatic nitrogens is 1. The van der Waals surface area contributed by atoms with E-state index in [0.717, 1.165) is 10.4 Å². The Morgan fingerprint density at radius 3 is 2.53 bits per heavy atom. The van der Waals surface area contributed by atoms with Crippen molar-refractivity contribution in [2.24, 2.45) is 4.99 Å². The molecule has 0 saturated heterocycles. The summed E-state index contributed by atoms with van der Waals surface area (Å²) < 4.78 is 12.1. The van der Waals surface area contributed by atoms with Crippen molar-refractivity contribution < 1.29 is 19.1 Å². The predicted octanol–water partition coefficient (Wildman–Crippen LogP) is 3.12. The molecule has 174 valence electrons. The molecule has 1 aliphatic rings. The Labute approximate surface area is 203 Å². The van der Waals surface area contributed by atoms with Crippen LogP contribution in [0.15, 0.2) is 69.4 Å². The number of nitrogens with zero attached hydrogens (tertiary/aromatic N) is 2. The van der Waals surface area contributed by atoms with E-state index in [1.165, 1.54) is 29.1 Å². The van der Waals surface area contributed by atoms with E-state index in [2.05, 4.69) is 11.6 Å². The van der Waals surface area contributed by atoms with Gasteiger partial charge in [-0.05, 0) is 54.6 Å². The molecule has 1 atom stereocenters. The molecule has 0 saturated carbocycles. The lowest BCUT2D eigenvalue weighted by Crippen LogP contribution is -2.40. The zero-order valence-corrected chi connectivity index (χ0v) is 20.5. The third-order valence-corrected chi connectivity index (χ3v) is 7.33. The Balaban J connectivity index is 1.92. The molecule has 0 bridgehead atoms. The highest BCUT2D eigenvalue weighted by Crippen LogP contribution is 2.31. The van der Waals surface area contributed by atoms with Gasteiger partial charge in [0.05, 0.1) is 34.5 Å². The summed E-state index contributed by atoms with van der Waals surface area (Å²) in [4.78, 5) is 44.5. The van der Waals surface area contributed by atoms with Crippen molar-refractivity contribution >= 4 is 40.7 Å². The number of methoxy groups -OCH3 is 1. The first-order valence-electron chi connectivity index (χ1n) is 10.4. The molecule has 1 unspecified atom stereocenters. The van der Waals surface area contributed by atoms with Gasteiger partial charge in [-0.3, -0.25) is 9.36 Å². The molecular formula is C25H22N2O5S2. The first-order valence-corrected chi connectivity index (χ1v) is 12.1. The fourth-order valence-electron chi connectivity index (χ4n) is 3.68. The van der Waals surface area contributed by atoms with Gasteiger partial charge in [0.15, 0.2) is 4.80 Å². The molecule has 3 aromatic rings. The monoisotopic (exact) mass is 494 g/mol. The van der Waals surface area contributed by atoms with Crippen LogP contribution in [0.5, 0.6) is 0 Å². The van der Waals surface area contributed by atoms with Gasteiger partial charge in [0, 0.05) is 4.88 Å². The van der Waals surface area contributed by atoms with E-state index in [1.54, 1.807) is 42.5 Å². The number of ether oxygens (including phenoxy) is 2. The first-order chi connectivity index (χ1) is 16.3. The van der Waals surface area contributed by atoms with E-state index in [1.807, 2.05) is 24.4 Å². The van der Waals surface area contributed by atoms with Crippen molar-refractivity contribution in [3.8, 4) is 0 Å². The molecule has 7 nitrogen and oxygen atoms in total. The fourth-order valence-corrected chi connectivity index (χ4v) is 5.64. The van der Waals surface area contributed by atoms with Gasteiger partial charge in [-0.15, -0.1) is 11.3 Å². The summed E-state index contributed by atoms with van der Waals surface area (Å²) in [6.45, 7) is 7.33. The number of rotatable bonds is 6. The molecule has 0 spiro atoms. The second-order valence-corrected chi connectivity index (χ2v) is 9.51. The van der Waals surface area contributed by atoms with Gasteiger partial charge in [-0.2, -0.15) is 0 Å². The fraction of sp³-hybridized carbons (Fsp3) is 0.200. The number of thiazole rings is 1. The summed E-state index contributed by atoms with van der Waals surface area (Å²) in [6.07, 6.45) is 3.34. The second-order valence-electron chi connectivity index (χ2n) is 7.55. The largest absolute Gasteiger partial charge is 0.465 e. The minimum absolute atomic E-state index is 0.0334. The number of carbonyl (C=O) groups excluding carboxylic acids is 2. The van der Waals surface area contributed by atoms with Crippen LogP contribution in [0, 0.1) is 6.92 Å². The number of hydrogen-bond acceptors (Lipinski definition) is 8. The Morgan fingerprint density at radius 1 is 1.18 bits per heavy atom. The van der Waals surface area contributed by atoms with Crippen molar-refractivity contribution in [3.05, 3.63) is 101 Å². The highest BCUT2D eigenvalue weighted by Gasteiger charge is 2.33. The number of carbonyl (C=O) groups is 2. The maximum absolute atomic E-state index is 13.6. The number of benzene rings is 1. The van der Waals surface area contributed by atoms with Gasteiger partial charge in [0.2, 0.25) is 0 Å². The normalized spacial score (nSPS) is 15.5. The van der Waals surface area contributed by atoms with Crippen molar-refractivity contribution in [1.82, 2.24) is 4.57 Å². The van der Waals surface area contributed by atoms with Crippen LogP contribution in [-0.2, 0) is 14.3 Å². The average Bonchev–Trinajstić information content (AvgIpc) is 3.38. The van der Waals surface area contributed by atoms with E-state index in [0.29, 0.717) is 26.2 Å². The number of esters is 2. The van der Waals surface area contributed by atoms with Crippen LogP contribution in [-0.4, -0.2) is 30.2 Å². The molecule has 2 aromatic heterocycles. The number of hydrogen-bond donors (Lipinski definition) is 0. The lowest BCUT2D eigenvalue weighted by molar-refractivity contribution is -0.138. The van der Waals surface area contributed by atoms with Gasteiger partial charge in [0.25, 0.3) is 5.56 Å². The zero-order chi connectivity index (χ0) is 24.4. The summed E-state index contributed by atoms with van der Waals surface area (Å²) in [5.74, 6) is -1.05. The van der Waals surface area contributed by atoms with Crippen LogP contribution < -0.4 is 14.9 Å². The van der Waals surface area contributed by atoms with Gasteiger partial charge in [0.1, 0.15) is 6.61 Å². The minimum atomic E-state index is -0.758. The van der Waals surface area contributed by atoms with Gasteiger partial charge < -0.3 is 9.47 Å². The van der Waals surface area contributed by atoms with Crippen molar-refractivity contribution in [3.63, 3.8) is 0 Å². The number of aryl methyl sites for hydroxylation is 1. The van der Waals surface area contributed by atoms with E-state index < -0.39 is 18.0 Å². The lowest BCUT2D eigenvalue weighted by atomic mass is 9.95. The van der Waals surface area contributed by atoms with Gasteiger partial charge >= 0.3 is 11.9 Å². The van der Waals surface area contributed by atoms with Crippen LogP contribution in [0.25, 0.3) is 6.08 Å². The van der Waals surface area contributed by atoms with Crippen LogP contribution in [0.3, 0.4) is 0 Å². The van der Waals surface area contributed by atoms with Crippen molar-refractivity contribution in [1.29, 1.82) is 0 Å². The van der Waals surface area contributed by atoms with E-state index in [4.69, 9.17) is 9.47 Å². The second kappa shape index (κ2) is 9.74. The van der Waals surface area contributed by atoms with Crippen LogP contribution in [0.1, 0.15) is 39.3 Å². The standard InChI is InChI=1S/C25H22N2O5S2/c1-5-11-32-24(30)20-15(3)26-25-27(21(20)16-6-8-17(9-7-16)23(29)31-4)22(28)19(34-25)13-18-14(2)10-12-33-18/h5-10,12-13,21H,1,11H2,2-4H3. The molecule has 9 heteroatoms. The number of fused-ring (bicyclic) bond motifs is 1. The highest BCUT2D eigenvalue weighted by molar-refractivity contribution is 7.11. The third kappa shape index (κ3) is 4.32. The SMILES string of the molecule is C=CCOC(=O)C1=C(C)N=c2sc(=Cc3sccc3C)c(=O)n2C1c1ccc(C(=O)OC)cc1. The zero-order valence-electron chi connectivity index (χ0n) is 18.9. The van der Waals surface area contributed by atoms with E-state index in [-0.39, 0.29) is 17.7 Å². The summed E-state index contributed by atoms with van der Waals surface area (Å²) in [5, 5.41) is 1.97. The number of allylic oxidation sites excluding steroid dienone is 1. The topological polar surface area (TPSA) is 87.0 Å². The minimum Gasteiger partial charge on any atom is -0.465 e. The van der Waals surface area contributed by atoms with E-state index >= 15 is 0 Å². The molecule has 0 N–H and O–H groups in total. The molecule has 0 radical (unpaired) electrons. The molecule has 0 aliphatic carbocycles. The lowest BCUT2D eigenvalue weighted by Gasteiger charge is -2.24. The molecule has 34 heavy (non-hydrogen) atoms. The number of thiophene rings is 1.